The van der Waals surface area contributed by atoms with Gasteiger partial charge in [0, 0.05) is 17.9 Å². The van der Waals surface area contributed by atoms with Gasteiger partial charge in [0.2, 0.25) is 5.28 Å². The van der Waals surface area contributed by atoms with Crippen LogP contribution in [-0.2, 0) is 0 Å². The van der Waals surface area contributed by atoms with Gasteiger partial charge < -0.3 is 10.6 Å². The van der Waals surface area contributed by atoms with E-state index in [1.807, 2.05) is 32.0 Å². The number of amides is 1. The molecule has 120 valence electrons. The number of aromatic nitrogens is 2. The van der Waals surface area contributed by atoms with Crippen LogP contribution >= 0.6 is 11.6 Å². The zero-order valence-electron chi connectivity index (χ0n) is 13.2. The zero-order valence-corrected chi connectivity index (χ0v) is 13.9. The lowest BCUT2D eigenvalue weighted by Gasteiger charge is -2.27. The third-order valence-electron chi connectivity index (χ3n) is 4.17. The number of nitrogens with one attached hydrogen (secondary N) is 2. The molecule has 3 rings (SSSR count). The molecule has 1 aromatic heterocycles. The number of hydrogen-bond donors (Lipinski definition) is 2. The van der Waals surface area contributed by atoms with E-state index in [4.69, 9.17) is 11.6 Å². The first-order chi connectivity index (χ1) is 11.0. The average Bonchev–Trinajstić information content (AvgIpc) is 2.47. The van der Waals surface area contributed by atoms with Crippen molar-refractivity contribution in [1.82, 2.24) is 9.97 Å². The van der Waals surface area contributed by atoms with E-state index in [1.54, 1.807) is 0 Å². The minimum absolute atomic E-state index is 0.135. The fraction of sp³-hybridized carbons (Fsp3) is 0.353. The minimum Gasteiger partial charge on any atom is -0.367 e. The number of benzene rings is 1. The maximum atomic E-state index is 12.7. The van der Waals surface area contributed by atoms with Gasteiger partial charge in [-0.3, -0.25) is 4.79 Å². The number of nitrogens with zero attached hydrogens (tertiary/aromatic N) is 2. The van der Waals surface area contributed by atoms with Crippen LogP contribution < -0.4 is 10.6 Å². The molecule has 0 aliphatic heterocycles. The molecule has 23 heavy (non-hydrogen) atoms. The number of aryl methyl sites for hydroxylation is 2. The largest absolute Gasteiger partial charge is 0.367 e. The fourth-order valence-electron chi connectivity index (χ4n) is 2.57. The Morgan fingerprint density at radius 2 is 1.96 bits per heavy atom. The Kier molecular flexibility index (Phi) is 4.48. The molecule has 1 fully saturated rings. The first kappa shape index (κ1) is 15.7. The first-order valence-electron chi connectivity index (χ1n) is 7.71. The summed E-state index contributed by atoms with van der Waals surface area (Å²) >= 11 is 5.88. The number of rotatable bonds is 4. The molecule has 0 spiro atoms. The van der Waals surface area contributed by atoms with Crippen molar-refractivity contribution in [1.29, 1.82) is 0 Å². The molecule has 1 aliphatic rings. The maximum absolute atomic E-state index is 12.7. The molecule has 2 aromatic rings. The molecule has 0 atom stereocenters. The summed E-state index contributed by atoms with van der Waals surface area (Å²) in [5.74, 6) is 0.263. The monoisotopic (exact) mass is 330 g/mol. The highest BCUT2D eigenvalue weighted by Gasteiger charge is 2.22. The van der Waals surface area contributed by atoms with Gasteiger partial charge in [0.1, 0.15) is 11.4 Å². The molecule has 6 heteroatoms. The lowest BCUT2D eigenvalue weighted by Crippen LogP contribution is -2.29. The number of para-hydroxylation sites is 1. The van der Waals surface area contributed by atoms with E-state index < -0.39 is 0 Å². The van der Waals surface area contributed by atoms with Crippen molar-refractivity contribution in [3.8, 4) is 0 Å². The number of anilines is 2. The van der Waals surface area contributed by atoms with E-state index >= 15 is 0 Å². The second-order valence-electron chi connectivity index (χ2n) is 5.89. The molecule has 1 aliphatic carbocycles. The molecule has 1 amide bonds. The van der Waals surface area contributed by atoms with Crippen LogP contribution in [0.15, 0.2) is 24.4 Å². The third kappa shape index (κ3) is 3.45. The SMILES string of the molecule is Cc1cccc(C)c1NC(=O)c1cnc(Cl)nc1NC1CCC1. The quantitative estimate of drug-likeness (QED) is 0.833. The lowest BCUT2D eigenvalue weighted by molar-refractivity contribution is 0.102. The molecule has 2 N–H and O–H groups in total. The number of halogens is 1. The average molecular weight is 331 g/mol. The van der Waals surface area contributed by atoms with Gasteiger partial charge in [-0.2, -0.15) is 4.98 Å². The topological polar surface area (TPSA) is 66.9 Å². The maximum Gasteiger partial charge on any atom is 0.261 e. The Bertz CT molecular complexity index is 723. The van der Waals surface area contributed by atoms with Crippen LogP contribution in [0, 0.1) is 13.8 Å². The highest BCUT2D eigenvalue weighted by molar-refractivity contribution is 6.28. The molecule has 0 radical (unpaired) electrons. The van der Waals surface area contributed by atoms with Crippen LogP contribution in [0.25, 0.3) is 0 Å². The number of hydrogen-bond acceptors (Lipinski definition) is 4. The van der Waals surface area contributed by atoms with Crippen molar-refractivity contribution >= 4 is 29.0 Å². The summed E-state index contributed by atoms with van der Waals surface area (Å²) in [6.07, 6.45) is 4.83. The molecule has 0 unspecified atom stereocenters. The molecule has 1 heterocycles. The van der Waals surface area contributed by atoms with Crippen LogP contribution in [0.4, 0.5) is 11.5 Å². The fourth-order valence-corrected chi connectivity index (χ4v) is 2.71. The Morgan fingerprint density at radius 1 is 1.26 bits per heavy atom. The molecular formula is C17H19ClN4O. The van der Waals surface area contributed by atoms with Crippen molar-refractivity contribution in [3.05, 3.63) is 46.4 Å². The van der Waals surface area contributed by atoms with Crippen LogP contribution in [0.1, 0.15) is 40.7 Å². The summed E-state index contributed by atoms with van der Waals surface area (Å²) in [7, 11) is 0. The summed E-state index contributed by atoms with van der Waals surface area (Å²) in [6, 6.07) is 6.26. The van der Waals surface area contributed by atoms with Gasteiger partial charge in [-0.1, -0.05) is 18.2 Å². The molecule has 1 aromatic carbocycles. The van der Waals surface area contributed by atoms with Gasteiger partial charge in [-0.05, 0) is 55.8 Å². The van der Waals surface area contributed by atoms with Gasteiger partial charge in [0.25, 0.3) is 5.91 Å². The van der Waals surface area contributed by atoms with Crippen LogP contribution in [0.2, 0.25) is 5.28 Å². The second kappa shape index (κ2) is 6.54. The van der Waals surface area contributed by atoms with E-state index in [1.165, 1.54) is 12.6 Å². The second-order valence-corrected chi connectivity index (χ2v) is 6.23. The Morgan fingerprint density at radius 3 is 2.57 bits per heavy atom. The Balaban J connectivity index is 1.86. The van der Waals surface area contributed by atoms with E-state index in [0.717, 1.165) is 29.7 Å². The van der Waals surface area contributed by atoms with E-state index in [9.17, 15) is 4.79 Å². The zero-order chi connectivity index (χ0) is 16.4. The summed E-state index contributed by atoms with van der Waals surface area (Å²) in [6.45, 7) is 3.93. The molecule has 0 saturated heterocycles. The van der Waals surface area contributed by atoms with Crippen LogP contribution in [-0.4, -0.2) is 21.9 Å². The van der Waals surface area contributed by atoms with E-state index in [2.05, 4.69) is 20.6 Å². The highest BCUT2D eigenvalue weighted by Crippen LogP contribution is 2.26. The van der Waals surface area contributed by atoms with Gasteiger partial charge in [0.15, 0.2) is 0 Å². The lowest BCUT2D eigenvalue weighted by atomic mass is 9.93. The number of carbonyl (C=O) groups is 1. The van der Waals surface area contributed by atoms with Crippen LogP contribution in [0.5, 0.6) is 0 Å². The standard InChI is InChI=1S/C17H19ClN4O/c1-10-5-3-6-11(2)14(10)21-16(23)13-9-19-17(18)22-15(13)20-12-7-4-8-12/h3,5-6,9,12H,4,7-8H2,1-2H3,(H,21,23)(H,19,20,22). The molecular weight excluding hydrogens is 312 g/mol. The van der Waals surface area contributed by atoms with E-state index in [-0.39, 0.29) is 11.2 Å². The minimum atomic E-state index is -0.235. The van der Waals surface area contributed by atoms with Crippen molar-refractivity contribution in [3.63, 3.8) is 0 Å². The van der Waals surface area contributed by atoms with Crippen LogP contribution in [0.3, 0.4) is 0 Å². The summed E-state index contributed by atoms with van der Waals surface area (Å²) in [4.78, 5) is 20.8. The van der Waals surface area contributed by atoms with Gasteiger partial charge >= 0.3 is 0 Å². The smallest absolute Gasteiger partial charge is 0.261 e. The summed E-state index contributed by atoms with van der Waals surface area (Å²) < 4.78 is 0. The predicted molar refractivity (Wildman–Crippen MR) is 92.2 cm³/mol. The van der Waals surface area contributed by atoms with Crippen molar-refractivity contribution < 1.29 is 4.79 Å². The summed E-state index contributed by atoms with van der Waals surface area (Å²) in [5.41, 5.74) is 3.26. The normalized spacial score (nSPS) is 14.2. The first-order valence-corrected chi connectivity index (χ1v) is 8.09. The highest BCUT2D eigenvalue weighted by atomic mass is 35.5. The van der Waals surface area contributed by atoms with Crippen molar-refractivity contribution in [2.75, 3.05) is 10.6 Å². The van der Waals surface area contributed by atoms with Gasteiger partial charge in [-0.15, -0.1) is 0 Å². The number of carbonyl (C=O) groups excluding carboxylic acids is 1. The van der Waals surface area contributed by atoms with Gasteiger partial charge in [-0.25, -0.2) is 4.98 Å². The molecule has 1 saturated carbocycles. The molecule has 5 nitrogen and oxygen atoms in total. The molecule has 0 bridgehead atoms. The van der Waals surface area contributed by atoms with E-state index in [0.29, 0.717) is 17.4 Å². The predicted octanol–water partition coefficient (Wildman–Crippen LogP) is 3.96. The van der Waals surface area contributed by atoms with Gasteiger partial charge in [0.05, 0.1) is 0 Å². The summed E-state index contributed by atoms with van der Waals surface area (Å²) in [5, 5.41) is 6.38. The van der Waals surface area contributed by atoms with Crippen molar-refractivity contribution in [2.24, 2.45) is 0 Å². The third-order valence-corrected chi connectivity index (χ3v) is 4.35. The van der Waals surface area contributed by atoms with Crippen molar-refractivity contribution in [2.45, 2.75) is 39.2 Å². The Labute approximate surface area is 140 Å². The Hall–Kier alpha value is -2.14.